The van der Waals surface area contributed by atoms with Crippen LogP contribution in [0.5, 0.6) is 0 Å². The molecule has 1 aliphatic heterocycles. The maximum atomic E-state index is 12.2. The summed E-state index contributed by atoms with van der Waals surface area (Å²) < 4.78 is 0. The van der Waals surface area contributed by atoms with Crippen molar-refractivity contribution in [3.8, 4) is 23.1 Å². The molecule has 4 nitrogen and oxygen atoms in total. The van der Waals surface area contributed by atoms with Crippen molar-refractivity contribution in [2.45, 2.75) is 32.2 Å². The Balaban J connectivity index is 1.87. The van der Waals surface area contributed by atoms with Crippen LogP contribution >= 0.6 is 0 Å². The fraction of sp³-hybridized carbons (Fsp3) is 0.333. The molecular weight excluding hydrogens is 274 g/mol. The van der Waals surface area contributed by atoms with Crippen molar-refractivity contribution in [3.63, 3.8) is 0 Å². The number of carbonyl (C=O) groups excluding carboxylic acids is 1. The molecule has 0 unspecified atom stereocenters. The van der Waals surface area contributed by atoms with Gasteiger partial charge >= 0.3 is 0 Å². The van der Waals surface area contributed by atoms with Crippen LogP contribution in [0.3, 0.4) is 0 Å². The highest BCUT2D eigenvalue weighted by molar-refractivity contribution is 5.93. The number of carbonyl (C=O) groups is 1. The van der Waals surface area contributed by atoms with Crippen LogP contribution in [-0.4, -0.2) is 27.3 Å². The number of piperidine rings is 1. The summed E-state index contributed by atoms with van der Waals surface area (Å²) in [5.41, 5.74) is 2.08. The SMILES string of the molecule is CC#CC(=O)N1CCCC[C@H]1c1ncc(-c2ccccc2)[nH]1. The summed E-state index contributed by atoms with van der Waals surface area (Å²) >= 11 is 0. The molecular formula is C18H19N3O. The van der Waals surface area contributed by atoms with E-state index in [2.05, 4.69) is 21.8 Å². The fourth-order valence-electron chi connectivity index (χ4n) is 2.91. The number of nitrogens with zero attached hydrogens (tertiary/aromatic N) is 2. The zero-order valence-corrected chi connectivity index (χ0v) is 12.7. The molecule has 1 fully saturated rings. The van der Waals surface area contributed by atoms with Gasteiger partial charge in [0.1, 0.15) is 5.82 Å². The largest absolute Gasteiger partial charge is 0.340 e. The van der Waals surface area contributed by atoms with Crippen LogP contribution in [0, 0.1) is 11.8 Å². The fourth-order valence-corrected chi connectivity index (χ4v) is 2.91. The Kier molecular flexibility index (Phi) is 4.24. The Bertz CT molecular complexity index is 709. The minimum atomic E-state index is -0.107. The lowest BCUT2D eigenvalue weighted by atomic mass is 10.0. The van der Waals surface area contributed by atoms with Crippen molar-refractivity contribution in [2.24, 2.45) is 0 Å². The van der Waals surface area contributed by atoms with Crippen molar-refractivity contribution in [1.29, 1.82) is 0 Å². The number of H-pyrrole nitrogens is 1. The van der Waals surface area contributed by atoms with E-state index in [1.54, 1.807) is 6.92 Å². The molecule has 0 bridgehead atoms. The molecule has 0 radical (unpaired) electrons. The normalized spacial score (nSPS) is 17.7. The Morgan fingerprint density at radius 3 is 2.91 bits per heavy atom. The molecule has 0 spiro atoms. The maximum Gasteiger partial charge on any atom is 0.299 e. The van der Waals surface area contributed by atoms with E-state index in [4.69, 9.17) is 0 Å². The minimum absolute atomic E-state index is 0.000405. The van der Waals surface area contributed by atoms with Gasteiger partial charge in [-0.15, -0.1) is 0 Å². The Morgan fingerprint density at radius 1 is 1.32 bits per heavy atom. The van der Waals surface area contributed by atoms with E-state index in [-0.39, 0.29) is 11.9 Å². The Hall–Kier alpha value is -2.54. The van der Waals surface area contributed by atoms with Gasteiger partial charge in [-0.1, -0.05) is 36.3 Å². The van der Waals surface area contributed by atoms with Gasteiger partial charge < -0.3 is 9.88 Å². The third-order valence-electron chi connectivity index (χ3n) is 3.99. The number of benzene rings is 1. The van der Waals surface area contributed by atoms with E-state index >= 15 is 0 Å². The highest BCUT2D eigenvalue weighted by Crippen LogP contribution is 2.30. The maximum absolute atomic E-state index is 12.2. The summed E-state index contributed by atoms with van der Waals surface area (Å²) in [6, 6.07) is 10.1. The molecule has 1 atom stereocenters. The zero-order valence-electron chi connectivity index (χ0n) is 12.7. The van der Waals surface area contributed by atoms with Gasteiger partial charge in [-0.3, -0.25) is 4.79 Å². The van der Waals surface area contributed by atoms with Crippen LogP contribution in [0.2, 0.25) is 0 Å². The Morgan fingerprint density at radius 2 is 2.14 bits per heavy atom. The van der Waals surface area contributed by atoms with Crippen molar-refractivity contribution >= 4 is 5.91 Å². The van der Waals surface area contributed by atoms with Crippen LogP contribution < -0.4 is 0 Å². The average Bonchev–Trinajstić information content (AvgIpc) is 3.06. The van der Waals surface area contributed by atoms with Crippen LogP contribution in [0.4, 0.5) is 0 Å². The highest BCUT2D eigenvalue weighted by Gasteiger charge is 2.29. The smallest absolute Gasteiger partial charge is 0.299 e. The standard InChI is InChI=1S/C18H19N3O/c1-2-8-17(22)21-12-7-6-11-16(21)18-19-13-15(20-18)14-9-4-3-5-10-14/h3-5,9-10,13,16H,6-7,11-12H2,1H3,(H,19,20)/t16-/m0/s1. The third-order valence-corrected chi connectivity index (χ3v) is 3.99. The number of hydrogen-bond donors (Lipinski definition) is 1. The second-order valence-corrected chi connectivity index (χ2v) is 5.43. The zero-order chi connectivity index (χ0) is 15.4. The number of aromatic amines is 1. The number of imidazole rings is 1. The van der Waals surface area contributed by atoms with Crippen molar-refractivity contribution in [2.75, 3.05) is 6.54 Å². The molecule has 1 aromatic carbocycles. The van der Waals surface area contributed by atoms with Crippen LogP contribution in [0.15, 0.2) is 36.5 Å². The number of aromatic nitrogens is 2. The molecule has 2 aromatic rings. The van der Waals surface area contributed by atoms with E-state index in [0.717, 1.165) is 42.9 Å². The molecule has 4 heteroatoms. The molecule has 3 rings (SSSR count). The van der Waals surface area contributed by atoms with Gasteiger partial charge in [0.15, 0.2) is 0 Å². The Labute approximate surface area is 130 Å². The van der Waals surface area contributed by atoms with E-state index in [1.807, 2.05) is 41.4 Å². The van der Waals surface area contributed by atoms with Gasteiger partial charge in [-0.2, -0.15) is 0 Å². The average molecular weight is 293 g/mol. The first-order valence-corrected chi connectivity index (χ1v) is 7.63. The van der Waals surface area contributed by atoms with Crippen LogP contribution in [0.25, 0.3) is 11.3 Å². The van der Waals surface area contributed by atoms with Gasteiger partial charge in [-0.25, -0.2) is 4.98 Å². The molecule has 0 saturated carbocycles. The first kappa shape index (κ1) is 14.4. The van der Waals surface area contributed by atoms with Gasteiger partial charge in [-0.05, 0) is 37.7 Å². The van der Waals surface area contributed by atoms with Crippen molar-refractivity contribution in [3.05, 3.63) is 42.4 Å². The molecule has 1 saturated heterocycles. The highest BCUT2D eigenvalue weighted by atomic mass is 16.2. The van der Waals surface area contributed by atoms with E-state index in [1.165, 1.54) is 0 Å². The molecule has 22 heavy (non-hydrogen) atoms. The van der Waals surface area contributed by atoms with Gasteiger partial charge in [0.25, 0.3) is 5.91 Å². The number of nitrogens with one attached hydrogen (secondary N) is 1. The summed E-state index contributed by atoms with van der Waals surface area (Å²) in [5.74, 6) is 6.09. The van der Waals surface area contributed by atoms with Gasteiger partial charge in [0.05, 0.1) is 17.9 Å². The summed E-state index contributed by atoms with van der Waals surface area (Å²) in [7, 11) is 0. The second-order valence-electron chi connectivity index (χ2n) is 5.43. The predicted molar refractivity (Wildman–Crippen MR) is 85.8 cm³/mol. The lowest BCUT2D eigenvalue weighted by Crippen LogP contribution is -2.38. The molecule has 2 heterocycles. The summed E-state index contributed by atoms with van der Waals surface area (Å²) in [6.45, 7) is 2.44. The number of hydrogen-bond acceptors (Lipinski definition) is 2. The predicted octanol–water partition coefficient (Wildman–Crippen LogP) is 3.15. The minimum Gasteiger partial charge on any atom is -0.340 e. The third kappa shape index (κ3) is 2.89. The van der Waals surface area contributed by atoms with Gasteiger partial charge in [0, 0.05) is 6.54 Å². The molecule has 1 N–H and O–H groups in total. The molecule has 112 valence electrons. The van der Waals surface area contributed by atoms with Crippen molar-refractivity contribution < 1.29 is 4.79 Å². The van der Waals surface area contributed by atoms with Crippen LogP contribution in [0.1, 0.15) is 38.1 Å². The first-order chi connectivity index (χ1) is 10.8. The summed E-state index contributed by atoms with van der Waals surface area (Å²) in [6.07, 6.45) is 4.90. The van der Waals surface area contributed by atoms with E-state index in [0.29, 0.717) is 0 Å². The quantitative estimate of drug-likeness (QED) is 0.865. The van der Waals surface area contributed by atoms with Gasteiger partial charge in [0.2, 0.25) is 0 Å². The summed E-state index contributed by atoms with van der Waals surface area (Å²) in [5, 5.41) is 0. The van der Waals surface area contributed by atoms with E-state index in [9.17, 15) is 4.79 Å². The molecule has 0 aliphatic carbocycles. The van der Waals surface area contributed by atoms with Crippen molar-refractivity contribution in [1.82, 2.24) is 14.9 Å². The lowest BCUT2D eigenvalue weighted by molar-refractivity contribution is -0.128. The number of likely N-dealkylation sites (tertiary alicyclic amines) is 1. The first-order valence-electron chi connectivity index (χ1n) is 7.63. The molecule has 1 amide bonds. The van der Waals surface area contributed by atoms with E-state index < -0.39 is 0 Å². The number of rotatable bonds is 2. The molecule has 1 aromatic heterocycles. The van der Waals surface area contributed by atoms with Crippen LogP contribution in [-0.2, 0) is 4.79 Å². The monoisotopic (exact) mass is 293 g/mol. The number of amides is 1. The molecule has 1 aliphatic rings. The topological polar surface area (TPSA) is 49.0 Å². The summed E-state index contributed by atoms with van der Waals surface area (Å²) in [4.78, 5) is 21.9. The lowest BCUT2D eigenvalue weighted by Gasteiger charge is -2.33. The second kappa shape index (κ2) is 6.48.